The van der Waals surface area contributed by atoms with Crippen LogP contribution in [0.3, 0.4) is 0 Å². The lowest BCUT2D eigenvalue weighted by Gasteiger charge is -2.28. The number of benzene rings is 2. The Balaban J connectivity index is 2.50. The highest BCUT2D eigenvalue weighted by Crippen LogP contribution is 2.31. The second kappa shape index (κ2) is 5.81. The first-order valence-corrected chi connectivity index (χ1v) is 6.85. The van der Waals surface area contributed by atoms with Crippen molar-refractivity contribution in [3.05, 3.63) is 64.1 Å². The highest BCUT2D eigenvalue weighted by atomic mass is 79.9. The number of hydrogen-bond acceptors (Lipinski definition) is 2. The first-order chi connectivity index (χ1) is 9.83. The molecule has 0 amide bonds. The Morgan fingerprint density at radius 3 is 2.57 bits per heavy atom. The average Bonchev–Trinajstić information content (AvgIpc) is 2.41. The van der Waals surface area contributed by atoms with Gasteiger partial charge in [0.15, 0.2) is 5.54 Å². The molecule has 0 bridgehead atoms. The maximum atomic E-state index is 14.0. The van der Waals surface area contributed by atoms with Crippen molar-refractivity contribution in [3.63, 3.8) is 0 Å². The lowest BCUT2D eigenvalue weighted by atomic mass is 9.91. The molecule has 21 heavy (non-hydrogen) atoms. The second-order valence-corrected chi connectivity index (χ2v) is 5.61. The van der Waals surface area contributed by atoms with E-state index in [1.165, 1.54) is 43.3 Å². The SMILES string of the molecule is CC(Nc1cccc(F)c1)(C(=O)O)c1cc(Br)ccc1F. The molecule has 1 unspecified atom stereocenters. The standard InChI is InChI=1S/C15H12BrF2NO2/c1-15(14(20)21,12-7-9(16)5-6-13(12)18)19-11-4-2-3-10(17)8-11/h2-8,19H,1H3,(H,20,21). The van der Waals surface area contributed by atoms with Crippen LogP contribution in [-0.4, -0.2) is 11.1 Å². The quantitative estimate of drug-likeness (QED) is 0.866. The molecule has 0 heterocycles. The molecule has 0 saturated heterocycles. The van der Waals surface area contributed by atoms with Crippen LogP contribution in [0.4, 0.5) is 14.5 Å². The number of carboxylic acid groups (broad SMARTS) is 1. The Bertz CT molecular complexity index is 693. The van der Waals surface area contributed by atoms with Crippen molar-refractivity contribution in [2.45, 2.75) is 12.5 Å². The molecule has 0 saturated carbocycles. The Labute approximate surface area is 128 Å². The summed E-state index contributed by atoms with van der Waals surface area (Å²) in [4.78, 5) is 11.6. The molecule has 2 aromatic carbocycles. The first kappa shape index (κ1) is 15.4. The van der Waals surface area contributed by atoms with E-state index in [0.29, 0.717) is 4.47 Å². The van der Waals surface area contributed by atoms with E-state index >= 15 is 0 Å². The molecular formula is C15H12BrF2NO2. The van der Waals surface area contributed by atoms with Gasteiger partial charge in [0.25, 0.3) is 0 Å². The molecular weight excluding hydrogens is 344 g/mol. The van der Waals surface area contributed by atoms with E-state index in [-0.39, 0.29) is 11.3 Å². The Kier molecular flexibility index (Phi) is 4.27. The first-order valence-electron chi connectivity index (χ1n) is 6.05. The van der Waals surface area contributed by atoms with Gasteiger partial charge in [-0.05, 0) is 43.3 Å². The smallest absolute Gasteiger partial charge is 0.333 e. The van der Waals surface area contributed by atoms with E-state index in [1.54, 1.807) is 0 Å². The van der Waals surface area contributed by atoms with Crippen molar-refractivity contribution < 1.29 is 18.7 Å². The summed E-state index contributed by atoms with van der Waals surface area (Å²) in [6.07, 6.45) is 0. The maximum absolute atomic E-state index is 14.0. The minimum absolute atomic E-state index is 0.0476. The van der Waals surface area contributed by atoms with Crippen molar-refractivity contribution >= 4 is 27.6 Å². The topological polar surface area (TPSA) is 49.3 Å². The van der Waals surface area contributed by atoms with Crippen molar-refractivity contribution in [2.75, 3.05) is 5.32 Å². The van der Waals surface area contributed by atoms with Crippen LogP contribution in [0, 0.1) is 11.6 Å². The van der Waals surface area contributed by atoms with E-state index in [1.807, 2.05) is 0 Å². The molecule has 0 spiro atoms. The van der Waals surface area contributed by atoms with Crippen LogP contribution >= 0.6 is 15.9 Å². The number of carbonyl (C=O) groups is 1. The number of rotatable bonds is 4. The monoisotopic (exact) mass is 355 g/mol. The van der Waals surface area contributed by atoms with Gasteiger partial charge in [0.2, 0.25) is 0 Å². The fraction of sp³-hybridized carbons (Fsp3) is 0.133. The normalized spacial score (nSPS) is 13.5. The third-order valence-corrected chi connectivity index (χ3v) is 3.61. The average molecular weight is 356 g/mol. The number of halogens is 3. The zero-order valence-electron chi connectivity index (χ0n) is 11.0. The number of carboxylic acids is 1. The summed E-state index contributed by atoms with van der Waals surface area (Å²) in [6, 6.07) is 9.38. The van der Waals surface area contributed by atoms with Crippen LogP contribution in [0.5, 0.6) is 0 Å². The molecule has 2 aromatic rings. The van der Waals surface area contributed by atoms with E-state index < -0.39 is 23.1 Å². The van der Waals surface area contributed by atoms with Gasteiger partial charge in [-0.15, -0.1) is 0 Å². The molecule has 3 nitrogen and oxygen atoms in total. The van der Waals surface area contributed by atoms with Crippen LogP contribution in [0.1, 0.15) is 12.5 Å². The number of hydrogen-bond donors (Lipinski definition) is 2. The lowest BCUT2D eigenvalue weighted by Crippen LogP contribution is -2.41. The Morgan fingerprint density at radius 1 is 1.24 bits per heavy atom. The van der Waals surface area contributed by atoms with Gasteiger partial charge < -0.3 is 10.4 Å². The summed E-state index contributed by atoms with van der Waals surface area (Å²) in [7, 11) is 0. The van der Waals surface area contributed by atoms with Crippen LogP contribution in [0.2, 0.25) is 0 Å². The van der Waals surface area contributed by atoms with Crippen LogP contribution < -0.4 is 5.32 Å². The number of aliphatic carboxylic acids is 1. The van der Waals surface area contributed by atoms with Gasteiger partial charge in [0.05, 0.1) is 0 Å². The highest BCUT2D eigenvalue weighted by Gasteiger charge is 2.37. The summed E-state index contributed by atoms with van der Waals surface area (Å²) in [6.45, 7) is 1.32. The summed E-state index contributed by atoms with van der Waals surface area (Å²) in [5.74, 6) is -2.45. The minimum atomic E-state index is -1.73. The molecule has 2 rings (SSSR count). The van der Waals surface area contributed by atoms with Gasteiger partial charge in [-0.3, -0.25) is 0 Å². The molecule has 110 valence electrons. The molecule has 0 aliphatic carbocycles. The molecule has 6 heteroatoms. The van der Waals surface area contributed by atoms with Crippen LogP contribution in [-0.2, 0) is 10.3 Å². The van der Waals surface area contributed by atoms with Gasteiger partial charge >= 0.3 is 5.97 Å². The van der Waals surface area contributed by atoms with Gasteiger partial charge in [0.1, 0.15) is 11.6 Å². The number of nitrogens with one attached hydrogen (secondary N) is 1. The van der Waals surface area contributed by atoms with Crippen molar-refractivity contribution in [1.29, 1.82) is 0 Å². The van der Waals surface area contributed by atoms with E-state index in [4.69, 9.17) is 0 Å². The van der Waals surface area contributed by atoms with E-state index in [9.17, 15) is 18.7 Å². The predicted molar refractivity (Wildman–Crippen MR) is 79.1 cm³/mol. The molecule has 2 N–H and O–H groups in total. The third-order valence-electron chi connectivity index (χ3n) is 3.11. The maximum Gasteiger partial charge on any atom is 0.333 e. The van der Waals surface area contributed by atoms with Gasteiger partial charge in [-0.2, -0.15) is 0 Å². The zero-order valence-corrected chi connectivity index (χ0v) is 12.6. The lowest BCUT2D eigenvalue weighted by molar-refractivity contribution is -0.142. The second-order valence-electron chi connectivity index (χ2n) is 4.69. The van der Waals surface area contributed by atoms with Crippen LogP contribution in [0.15, 0.2) is 46.9 Å². The molecule has 0 fully saturated rings. The fourth-order valence-corrected chi connectivity index (χ4v) is 2.33. The minimum Gasteiger partial charge on any atom is -0.479 e. The predicted octanol–water partition coefficient (Wildman–Crippen LogP) is 4.14. The van der Waals surface area contributed by atoms with E-state index in [0.717, 1.165) is 6.07 Å². The largest absolute Gasteiger partial charge is 0.479 e. The molecule has 0 aliphatic heterocycles. The summed E-state index contributed by atoms with van der Waals surface area (Å²) < 4.78 is 27.8. The molecule has 0 aromatic heterocycles. The zero-order chi connectivity index (χ0) is 15.6. The molecule has 1 atom stereocenters. The fourth-order valence-electron chi connectivity index (χ4n) is 1.97. The summed E-state index contributed by atoms with van der Waals surface area (Å²) in [5.41, 5.74) is -1.53. The van der Waals surface area contributed by atoms with Crippen molar-refractivity contribution in [3.8, 4) is 0 Å². The highest BCUT2D eigenvalue weighted by molar-refractivity contribution is 9.10. The van der Waals surface area contributed by atoms with E-state index in [2.05, 4.69) is 21.2 Å². The van der Waals surface area contributed by atoms with Gasteiger partial charge in [-0.25, -0.2) is 13.6 Å². The Morgan fingerprint density at radius 2 is 1.95 bits per heavy atom. The van der Waals surface area contributed by atoms with Crippen molar-refractivity contribution in [2.24, 2.45) is 0 Å². The van der Waals surface area contributed by atoms with Gasteiger partial charge in [0, 0.05) is 15.7 Å². The molecule has 0 radical (unpaired) electrons. The van der Waals surface area contributed by atoms with Crippen molar-refractivity contribution in [1.82, 2.24) is 0 Å². The number of anilines is 1. The van der Waals surface area contributed by atoms with Gasteiger partial charge in [-0.1, -0.05) is 22.0 Å². The molecule has 0 aliphatic rings. The summed E-state index contributed by atoms with van der Waals surface area (Å²) >= 11 is 3.19. The Hall–Kier alpha value is -1.95. The van der Waals surface area contributed by atoms with Crippen LogP contribution in [0.25, 0.3) is 0 Å². The third kappa shape index (κ3) is 3.21. The summed E-state index contributed by atoms with van der Waals surface area (Å²) in [5, 5.41) is 12.2.